The molecule has 0 atom stereocenters. The Kier molecular flexibility index (Phi) is 5.71. The average molecular weight is 367 g/mol. The number of rotatable bonds is 5. The van der Waals surface area contributed by atoms with Crippen LogP contribution < -0.4 is 10.1 Å². The van der Waals surface area contributed by atoms with E-state index in [0.717, 1.165) is 6.41 Å². The lowest BCUT2D eigenvalue weighted by molar-refractivity contribution is -0.119. The molecule has 3 rings (SSSR count). The van der Waals surface area contributed by atoms with E-state index in [4.69, 9.17) is 4.74 Å². The van der Waals surface area contributed by atoms with Crippen molar-refractivity contribution in [3.63, 3.8) is 0 Å². The number of carbonyl (C=O) groups excluding carboxylic acids is 3. The highest BCUT2D eigenvalue weighted by molar-refractivity contribution is 6.05. The molecular formula is C20H21N3O4. The van der Waals surface area contributed by atoms with E-state index in [2.05, 4.69) is 5.32 Å². The molecule has 1 fully saturated rings. The molecule has 1 saturated heterocycles. The second-order valence-electron chi connectivity index (χ2n) is 6.17. The van der Waals surface area contributed by atoms with Crippen LogP contribution in [0, 0.1) is 0 Å². The van der Waals surface area contributed by atoms with Gasteiger partial charge in [0.15, 0.2) is 0 Å². The minimum atomic E-state index is -0.280. The Hall–Kier alpha value is -3.35. The zero-order valence-corrected chi connectivity index (χ0v) is 15.1. The molecule has 0 saturated carbocycles. The quantitative estimate of drug-likeness (QED) is 0.818. The summed E-state index contributed by atoms with van der Waals surface area (Å²) in [7, 11) is 1.54. The van der Waals surface area contributed by atoms with Crippen LogP contribution in [0.5, 0.6) is 5.75 Å². The number of piperazine rings is 1. The number of methoxy groups -OCH3 is 1. The van der Waals surface area contributed by atoms with Crippen LogP contribution in [0.15, 0.2) is 48.5 Å². The highest BCUT2D eigenvalue weighted by atomic mass is 16.5. The molecule has 7 nitrogen and oxygen atoms in total. The maximum atomic E-state index is 12.6. The van der Waals surface area contributed by atoms with Crippen LogP contribution in [0.4, 0.5) is 5.69 Å². The number of benzene rings is 2. The number of carbonyl (C=O) groups is 3. The van der Waals surface area contributed by atoms with Gasteiger partial charge in [0.25, 0.3) is 11.8 Å². The predicted molar refractivity (Wildman–Crippen MR) is 101 cm³/mol. The van der Waals surface area contributed by atoms with E-state index in [-0.39, 0.29) is 11.8 Å². The van der Waals surface area contributed by atoms with Crippen LogP contribution in [-0.4, -0.2) is 61.3 Å². The van der Waals surface area contributed by atoms with Crippen molar-refractivity contribution in [1.82, 2.24) is 9.80 Å². The molecule has 3 amide bonds. The van der Waals surface area contributed by atoms with E-state index in [0.29, 0.717) is 48.7 Å². The Balaban J connectivity index is 1.65. The van der Waals surface area contributed by atoms with E-state index >= 15 is 0 Å². The summed E-state index contributed by atoms with van der Waals surface area (Å²) in [6.45, 7) is 2.09. The van der Waals surface area contributed by atoms with E-state index in [1.807, 2.05) is 12.1 Å². The monoisotopic (exact) mass is 367 g/mol. The van der Waals surface area contributed by atoms with Crippen molar-refractivity contribution in [2.75, 3.05) is 38.6 Å². The van der Waals surface area contributed by atoms with Gasteiger partial charge in [-0.05, 0) is 36.4 Å². The van der Waals surface area contributed by atoms with Crippen molar-refractivity contribution in [2.45, 2.75) is 0 Å². The van der Waals surface area contributed by atoms with E-state index < -0.39 is 0 Å². The number of ether oxygens (including phenoxy) is 1. The lowest BCUT2D eigenvalue weighted by Gasteiger charge is -2.32. The molecule has 0 radical (unpaired) electrons. The summed E-state index contributed by atoms with van der Waals surface area (Å²) < 4.78 is 5.23. The van der Waals surface area contributed by atoms with Crippen LogP contribution in [-0.2, 0) is 4.79 Å². The number of para-hydroxylation sites is 2. The number of nitrogens with one attached hydrogen (secondary N) is 1. The van der Waals surface area contributed by atoms with Crippen LogP contribution >= 0.6 is 0 Å². The molecule has 0 unspecified atom stereocenters. The second kappa shape index (κ2) is 8.35. The van der Waals surface area contributed by atoms with Gasteiger partial charge in [-0.2, -0.15) is 0 Å². The lowest BCUT2D eigenvalue weighted by atomic mass is 10.1. The van der Waals surface area contributed by atoms with Crippen LogP contribution in [0.3, 0.4) is 0 Å². The molecule has 1 aliphatic heterocycles. The second-order valence-corrected chi connectivity index (χ2v) is 6.17. The fourth-order valence-corrected chi connectivity index (χ4v) is 2.92. The Labute approximate surface area is 157 Å². The first kappa shape index (κ1) is 18.4. The summed E-state index contributed by atoms with van der Waals surface area (Å²) in [6.07, 6.45) is 0.803. The fraction of sp³-hybridized carbons (Fsp3) is 0.250. The summed E-state index contributed by atoms with van der Waals surface area (Å²) in [5, 5.41) is 2.80. The summed E-state index contributed by atoms with van der Waals surface area (Å²) in [4.78, 5) is 39.1. The Morgan fingerprint density at radius 1 is 0.963 bits per heavy atom. The fourth-order valence-electron chi connectivity index (χ4n) is 2.92. The standard InChI is InChI=1S/C20H21N3O4/c1-27-18-5-3-2-4-17(18)21-19(25)15-6-8-16(9-7-15)20(26)23-12-10-22(14-24)11-13-23/h2-9,14H,10-13H2,1H3,(H,21,25). The maximum Gasteiger partial charge on any atom is 0.255 e. The third-order valence-electron chi connectivity index (χ3n) is 4.50. The highest BCUT2D eigenvalue weighted by Crippen LogP contribution is 2.23. The van der Waals surface area contributed by atoms with Gasteiger partial charge in [0.1, 0.15) is 5.75 Å². The molecule has 1 heterocycles. The van der Waals surface area contributed by atoms with Crippen molar-refractivity contribution in [3.8, 4) is 5.75 Å². The number of hydrogen-bond acceptors (Lipinski definition) is 4. The minimum absolute atomic E-state index is 0.0998. The van der Waals surface area contributed by atoms with Gasteiger partial charge >= 0.3 is 0 Å². The lowest BCUT2D eigenvalue weighted by Crippen LogP contribution is -2.48. The predicted octanol–water partition coefficient (Wildman–Crippen LogP) is 1.86. The Morgan fingerprint density at radius 2 is 1.59 bits per heavy atom. The average Bonchev–Trinajstić information content (AvgIpc) is 2.73. The van der Waals surface area contributed by atoms with E-state index in [1.54, 1.807) is 53.3 Å². The molecule has 1 N–H and O–H groups in total. The summed E-state index contributed by atoms with van der Waals surface area (Å²) >= 11 is 0. The summed E-state index contributed by atoms with van der Waals surface area (Å²) in [6, 6.07) is 13.7. The van der Waals surface area contributed by atoms with Crippen molar-refractivity contribution in [1.29, 1.82) is 0 Å². The smallest absolute Gasteiger partial charge is 0.255 e. The third-order valence-corrected chi connectivity index (χ3v) is 4.50. The molecule has 0 aromatic heterocycles. The topological polar surface area (TPSA) is 79.0 Å². The van der Waals surface area contributed by atoms with Gasteiger partial charge in [-0.25, -0.2) is 0 Å². The van der Waals surface area contributed by atoms with Crippen LogP contribution in [0.1, 0.15) is 20.7 Å². The number of anilines is 1. The Morgan fingerprint density at radius 3 is 2.22 bits per heavy atom. The van der Waals surface area contributed by atoms with Gasteiger partial charge in [-0.3, -0.25) is 14.4 Å². The SMILES string of the molecule is COc1ccccc1NC(=O)c1ccc(C(=O)N2CCN(C=O)CC2)cc1. The first-order valence-corrected chi connectivity index (χ1v) is 8.65. The largest absolute Gasteiger partial charge is 0.495 e. The Bertz CT molecular complexity index is 827. The van der Waals surface area contributed by atoms with Gasteiger partial charge in [0.2, 0.25) is 6.41 Å². The van der Waals surface area contributed by atoms with Gasteiger partial charge in [-0.15, -0.1) is 0 Å². The third kappa shape index (κ3) is 4.25. The van der Waals surface area contributed by atoms with Crippen LogP contribution in [0.25, 0.3) is 0 Å². The molecule has 140 valence electrons. The van der Waals surface area contributed by atoms with E-state index in [9.17, 15) is 14.4 Å². The van der Waals surface area contributed by atoms with Gasteiger partial charge in [-0.1, -0.05) is 12.1 Å². The summed E-state index contributed by atoms with van der Waals surface area (Å²) in [5.74, 6) is 0.197. The van der Waals surface area contributed by atoms with Gasteiger partial charge < -0.3 is 19.9 Å². The summed E-state index contributed by atoms with van der Waals surface area (Å²) in [5.41, 5.74) is 1.55. The number of amides is 3. The van der Waals surface area contributed by atoms with E-state index in [1.165, 1.54) is 0 Å². The molecule has 1 aliphatic rings. The zero-order chi connectivity index (χ0) is 19.2. The first-order valence-electron chi connectivity index (χ1n) is 8.65. The van der Waals surface area contributed by atoms with Crippen molar-refractivity contribution >= 4 is 23.9 Å². The molecule has 2 aromatic carbocycles. The molecule has 2 aromatic rings. The molecule has 0 spiro atoms. The minimum Gasteiger partial charge on any atom is -0.495 e. The highest BCUT2D eigenvalue weighted by Gasteiger charge is 2.21. The van der Waals surface area contributed by atoms with Crippen LogP contribution in [0.2, 0.25) is 0 Å². The molecular weight excluding hydrogens is 346 g/mol. The van der Waals surface area contributed by atoms with Crippen molar-refractivity contribution < 1.29 is 19.1 Å². The van der Waals surface area contributed by atoms with Gasteiger partial charge in [0.05, 0.1) is 12.8 Å². The zero-order valence-electron chi connectivity index (χ0n) is 15.1. The van der Waals surface area contributed by atoms with Crippen molar-refractivity contribution in [3.05, 3.63) is 59.7 Å². The molecule has 0 aliphatic carbocycles. The maximum absolute atomic E-state index is 12.6. The number of hydrogen-bond donors (Lipinski definition) is 1. The molecule has 0 bridgehead atoms. The molecule has 27 heavy (non-hydrogen) atoms. The normalized spacial score (nSPS) is 13.8. The number of nitrogens with zero attached hydrogens (tertiary/aromatic N) is 2. The first-order chi connectivity index (χ1) is 13.1. The van der Waals surface area contributed by atoms with Crippen molar-refractivity contribution in [2.24, 2.45) is 0 Å². The molecule has 7 heteroatoms. The van der Waals surface area contributed by atoms with Gasteiger partial charge in [0, 0.05) is 37.3 Å².